The molecule has 0 N–H and O–H groups in total. The summed E-state index contributed by atoms with van der Waals surface area (Å²) in [4.78, 5) is 27.7. The van der Waals surface area contributed by atoms with Crippen molar-refractivity contribution < 1.29 is 19.2 Å². The van der Waals surface area contributed by atoms with Crippen molar-refractivity contribution >= 4 is 39.2 Å². The van der Waals surface area contributed by atoms with E-state index in [2.05, 4.69) is 4.99 Å². The molecule has 0 bridgehead atoms. The van der Waals surface area contributed by atoms with Gasteiger partial charge in [-0.15, -0.1) is 0 Å². The predicted molar refractivity (Wildman–Crippen MR) is 120 cm³/mol. The lowest BCUT2D eigenvalue weighted by atomic mass is 10.2. The quantitative estimate of drug-likeness (QED) is 0.215. The second kappa shape index (κ2) is 10.6. The maximum atomic E-state index is 12.5. The van der Waals surface area contributed by atoms with E-state index in [-0.39, 0.29) is 5.69 Å². The van der Waals surface area contributed by atoms with Gasteiger partial charge in [0.15, 0.2) is 4.80 Å². The highest BCUT2D eigenvalue weighted by molar-refractivity contribution is 7.16. The highest BCUT2D eigenvalue weighted by Crippen LogP contribution is 2.23. The number of amides is 1. The Bertz CT molecular complexity index is 1180. The van der Waals surface area contributed by atoms with Crippen molar-refractivity contribution in [1.82, 2.24) is 4.57 Å². The summed E-state index contributed by atoms with van der Waals surface area (Å²) in [7, 11) is 0. The summed E-state index contributed by atoms with van der Waals surface area (Å²) < 4.78 is 14.0. The predicted octanol–water partition coefficient (Wildman–Crippen LogP) is 4.19. The van der Waals surface area contributed by atoms with Gasteiger partial charge in [0, 0.05) is 31.4 Å². The summed E-state index contributed by atoms with van der Waals surface area (Å²) in [6.45, 7) is 6.09. The number of nitro benzene ring substituents is 1. The summed E-state index contributed by atoms with van der Waals surface area (Å²) in [5.74, 6) is 0.310. The highest BCUT2D eigenvalue weighted by Gasteiger charge is 2.09. The molecule has 8 nitrogen and oxygen atoms in total. The molecule has 0 unspecified atom stereocenters. The van der Waals surface area contributed by atoms with Crippen molar-refractivity contribution in [2.45, 2.75) is 20.4 Å². The third kappa shape index (κ3) is 5.87. The average molecular weight is 442 g/mol. The van der Waals surface area contributed by atoms with Crippen LogP contribution < -0.4 is 9.54 Å². The molecule has 3 aromatic rings. The number of nitro groups is 1. The number of carbonyl (C=O) groups excluding carboxylic acids is 1. The molecule has 1 amide bonds. The van der Waals surface area contributed by atoms with E-state index in [0.717, 1.165) is 16.0 Å². The minimum Gasteiger partial charge on any atom is -0.494 e. The largest absolute Gasteiger partial charge is 0.494 e. The molecule has 31 heavy (non-hydrogen) atoms. The number of non-ortho nitro benzene ring substituents is 1. The monoisotopic (exact) mass is 441 g/mol. The molecule has 2 aromatic carbocycles. The van der Waals surface area contributed by atoms with Crippen molar-refractivity contribution in [2.24, 2.45) is 4.99 Å². The van der Waals surface area contributed by atoms with Crippen LogP contribution in [0, 0.1) is 10.1 Å². The zero-order valence-corrected chi connectivity index (χ0v) is 18.1. The fourth-order valence-corrected chi connectivity index (χ4v) is 4.04. The molecule has 0 fully saturated rings. The molecule has 0 aliphatic rings. The second-order valence-corrected chi connectivity index (χ2v) is 7.44. The van der Waals surface area contributed by atoms with Crippen LogP contribution >= 0.6 is 11.3 Å². The number of rotatable bonds is 9. The van der Waals surface area contributed by atoms with Crippen molar-refractivity contribution in [3.63, 3.8) is 0 Å². The molecule has 0 aliphatic heterocycles. The van der Waals surface area contributed by atoms with E-state index in [1.54, 1.807) is 12.1 Å². The summed E-state index contributed by atoms with van der Waals surface area (Å²) in [5.41, 5.74) is 1.47. The number of aromatic nitrogens is 1. The van der Waals surface area contributed by atoms with Crippen LogP contribution in [0.2, 0.25) is 0 Å². The maximum Gasteiger partial charge on any atom is 0.272 e. The fourth-order valence-electron chi connectivity index (χ4n) is 2.95. The van der Waals surface area contributed by atoms with Crippen LogP contribution in [0.25, 0.3) is 16.3 Å². The zero-order chi connectivity index (χ0) is 22.2. The van der Waals surface area contributed by atoms with Crippen molar-refractivity contribution in [3.8, 4) is 5.75 Å². The topological polar surface area (TPSA) is 96.0 Å². The van der Waals surface area contributed by atoms with Crippen LogP contribution in [0.1, 0.15) is 19.4 Å². The Morgan fingerprint density at radius 3 is 2.81 bits per heavy atom. The molecule has 0 spiro atoms. The SMILES string of the molecule is CCOCCn1c(=NC(=O)/C=C/c2cccc([N+](=O)[O-])c2)sc2cc(OCC)ccc21. The van der Waals surface area contributed by atoms with Gasteiger partial charge in [-0.1, -0.05) is 23.5 Å². The summed E-state index contributed by atoms with van der Waals surface area (Å²) in [5, 5.41) is 10.9. The molecule has 9 heteroatoms. The third-order valence-corrected chi connectivity index (χ3v) is 5.37. The Morgan fingerprint density at radius 1 is 1.23 bits per heavy atom. The Balaban J connectivity index is 1.93. The van der Waals surface area contributed by atoms with Crippen LogP contribution in [0.15, 0.2) is 53.5 Å². The van der Waals surface area contributed by atoms with Gasteiger partial charge in [0.1, 0.15) is 5.75 Å². The Kier molecular flexibility index (Phi) is 7.69. The molecule has 0 radical (unpaired) electrons. The molecule has 162 valence electrons. The van der Waals surface area contributed by atoms with Gasteiger partial charge in [-0.05, 0) is 43.7 Å². The summed E-state index contributed by atoms with van der Waals surface area (Å²) in [6, 6.07) is 11.8. The van der Waals surface area contributed by atoms with Crippen molar-refractivity contribution in [2.75, 3.05) is 19.8 Å². The summed E-state index contributed by atoms with van der Waals surface area (Å²) in [6.07, 6.45) is 2.83. The van der Waals surface area contributed by atoms with E-state index in [9.17, 15) is 14.9 Å². The number of carbonyl (C=O) groups is 1. The molecule has 0 saturated heterocycles. The molecular formula is C22H23N3O5S. The number of hydrogen-bond donors (Lipinski definition) is 0. The number of hydrogen-bond acceptors (Lipinski definition) is 6. The lowest BCUT2D eigenvalue weighted by Gasteiger charge is -2.06. The van der Waals surface area contributed by atoms with Gasteiger partial charge < -0.3 is 14.0 Å². The minimum atomic E-state index is -0.474. The first kappa shape index (κ1) is 22.4. The van der Waals surface area contributed by atoms with Gasteiger partial charge >= 0.3 is 0 Å². The molecule has 1 heterocycles. The smallest absolute Gasteiger partial charge is 0.272 e. The van der Waals surface area contributed by atoms with Crippen LogP contribution in [0.5, 0.6) is 5.75 Å². The Hall–Kier alpha value is -3.30. The van der Waals surface area contributed by atoms with Crippen molar-refractivity contribution in [3.05, 3.63) is 69.0 Å². The lowest BCUT2D eigenvalue weighted by molar-refractivity contribution is -0.384. The molecule has 0 saturated carbocycles. The van der Waals surface area contributed by atoms with Crippen molar-refractivity contribution in [1.29, 1.82) is 0 Å². The fraction of sp³-hybridized carbons (Fsp3) is 0.273. The van der Waals surface area contributed by atoms with E-state index in [1.807, 2.05) is 36.6 Å². The van der Waals surface area contributed by atoms with E-state index < -0.39 is 10.8 Å². The highest BCUT2D eigenvalue weighted by atomic mass is 32.1. The van der Waals surface area contributed by atoms with Gasteiger partial charge in [-0.25, -0.2) is 0 Å². The zero-order valence-electron chi connectivity index (χ0n) is 17.3. The van der Waals surface area contributed by atoms with Gasteiger partial charge in [-0.2, -0.15) is 4.99 Å². The molecular weight excluding hydrogens is 418 g/mol. The number of ether oxygens (including phenoxy) is 2. The molecule has 3 rings (SSSR count). The third-order valence-electron chi connectivity index (χ3n) is 4.33. The van der Waals surface area contributed by atoms with E-state index in [0.29, 0.717) is 36.7 Å². The van der Waals surface area contributed by atoms with E-state index >= 15 is 0 Å². The minimum absolute atomic E-state index is 0.0325. The Morgan fingerprint density at radius 2 is 2.06 bits per heavy atom. The van der Waals surface area contributed by atoms with Crippen LogP contribution in [0.3, 0.4) is 0 Å². The summed E-state index contributed by atoms with van der Waals surface area (Å²) >= 11 is 1.40. The van der Waals surface area contributed by atoms with E-state index in [1.165, 1.54) is 35.6 Å². The first-order valence-electron chi connectivity index (χ1n) is 9.87. The average Bonchev–Trinajstić information content (AvgIpc) is 3.09. The number of fused-ring (bicyclic) bond motifs is 1. The van der Waals surface area contributed by atoms with Crippen LogP contribution in [0.4, 0.5) is 5.69 Å². The molecule has 0 atom stereocenters. The molecule has 1 aromatic heterocycles. The first-order valence-corrected chi connectivity index (χ1v) is 10.7. The van der Waals surface area contributed by atoms with E-state index in [4.69, 9.17) is 9.47 Å². The van der Waals surface area contributed by atoms with Gasteiger partial charge in [-0.3, -0.25) is 14.9 Å². The standard InChI is InChI=1S/C22H23N3O5S/c1-3-29-13-12-24-19-10-9-18(30-4-2)15-20(19)31-22(24)23-21(26)11-8-16-6-5-7-17(14-16)25(27)28/h5-11,14-15H,3-4,12-13H2,1-2H3/b11-8+,23-22?. The van der Waals surface area contributed by atoms with Gasteiger partial charge in [0.25, 0.3) is 11.6 Å². The molecule has 0 aliphatic carbocycles. The van der Waals surface area contributed by atoms with Crippen LogP contribution in [-0.4, -0.2) is 35.2 Å². The maximum absolute atomic E-state index is 12.5. The van der Waals surface area contributed by atoms with Crippen LogP contribution in [-0.2, 0) is 16.1 Å². The first-order chi connectivity index (χ1) is 15.0. The normalized spacial score (nSPS) is 12.0. The van der Waals surface area contributed by atoms with Gasteiger partial charge in [0.05, 0.1) is 28.4 Å². The number of thiazole rings is 1. The lowest BCUT2D eigenvalue weighted by Crippen LogP contribution is -2.19. The Labute approximate surface area is 183 Å². The number of benzene rings is 2. The number of nitrogens with zero attached hydrogens (tertiary/aromatic N) is 3. The second-order valence-electron chi connectivity index (χ2n) is 6.43. The van der Waals surface area contributed by atoms with Gasteiger partial charge in [0.2, 0.25) is 0 Å².